The van der Waals surface area contributed by atoms with Gasteiger partial charge in [-0.05, 0) is 54.8 Å². The maximum absolute atomic E-state index is 13.1. The zero-order chi connectivity index (χ0) is 13.8. The van der Waals surface area contributed by atoms with Crippen molar-refractivity contribution in [2.24, 2.45) is 0 Å². The van der Waals surface area contributed by atoms with E-state index in [0.29, 0.717) is 6.04 Å². The second-order valence-electron chi connectivity index (χ2n) is 4.86. The van der Waals surface area contributed by atoms with Crippen LogP contribution in [0.5, 0.6) is 0 Å². The highest BCUT2D eigenvalue weighted by Crippen LogP contribution is 2.25. The molecule has 0 aliphatic rings. The molecular formula is C17H20FN. The van der Waals surface area contributed by atoms with E-state index in [1.807, 2.05) is 13.0 Å². The van der Waals surface area contributed by atoms with Crippen LogP contribution in [0.25, 0.3) is 11.1 Å². The topological polar surface area (TPSA) is 12.0 Å². The van der Waals surface area contributed by atoms with Crippen LogP contribution in [-0.4, -0.2) is 6.54 Å². The lowest BCUT2D eigenvalue weighted by Gasteiger charge is -2.13. The molecule has 100 valence electrons. The van der Waals surface area contributed by atoms with Crippen LogP contribution in [0.15, 0.2) is 42.5 Å². The maximum atomic E-state index is 13.1. The molecule has 0 bridgehead atoms. The highest BCUT2D eigenvalue weighted by molar-refractivity contribution is 5.67. The second kappa shape index (κ2) is 5.98. The van der Waals surface area contributed by atoms with Gasteiger partial charge >= 0.3 is 0 Å². The third-order valence-corrected chi connectivity index (χ3v) is 3.42. The van der Waals surface area contributed by atoms with Gasteiger partial charge in [-0.2, -0.15) is 0 Å². The quantitative estimate of drug-likeness (QED) is 0.852. The number of benzene rings is 2. The Morgan fingerprint density at radius 1 is 1.11 bits per heavy atom. The summed E-state index contributed by atoms with van der Waals surface area (Å²) in [6, 6.07) is 13.7. The molecule has 2 heteroatoms. The summed E-state index contributed by atoms with van der Waals surface area (Å²) in [4.78, 5) is 0. The van der Waals surface area contributed by atoms with Crippen LogP contribution in [0.4, 0.5) is 4.39 Å². The zero-order valence-corrected chi connectivity index (χ0v) is 11.7. The minimum atomic E-state index is -0.182. The second-order valence-corrected chi connectivity index (χ2v) is 4.86. The highest BCUT2D eigenvalue weighted by Gasteiger charge is 2.06. The maximum Gasteiger partial charge on any atom is 0.123 e. The molecule has 0 amide bonds. The Hall–Kier alpha value is -1.67. The molecule has 2 aromatic carbocycles. The van der Waals surface area contributed by atoms with Crippen LogP contribution in [0.2, 0.25) is 0 Å². The predicted octanol–water partition coefficient (Wildman–Crippen LogP) is 4.47. The van der Waals surface area contributed by atoms with E-state index in [9.17, 15) is 4.39 Å². The van der Waals surface area contributed by atoms with Gasteiger partial charge in [0.15, 0.2) is 0 Å². The van der Waals surface area contributed by atoms with Crippen molar-refractivity contribution in [2.75, 3.05) is 6.54 Å². The smallest absolute Gasteiger partial charge is 0.123 e. The number of hydrogen-bond donors (Lipinski definition) is 1. The fourth-order valence-corrected chi connectivity index (χ4v) is 2.33. The van der Waals surface area contributed by atoms with Crippen LogP contribution in [0.1, 0.15) is 31.0 Å². The summed E-state index contributed by atoms with van der Waals surface area (Å²) in [5.74, 6) is -0.182. The van der Waals surface area contributed by atoms with Crippen molar-refractivity contribution in [2.45, 2.75) is 26.8 Å². The molecule has 0 fully saturated rings. The van der Waals surface area contributed by atoms with Gasteiger partial charge in [-0.25, -0.2) is 4.39 Å². The van der Waals surface area contributed by atoms with Crippen molar-refractivity contribution in [3.05, 3.63) is 59.4 Å². The fraction of sp³-hybridized carbons (Fsp3) is 0.294. The van der Waals surface area contributed by atoms with Gasteiger partial charge in [0.2, 0.25) is 0 Å². The normalized spacial score (nSPS) is 12.4. The molecular weight excluding hydrogens is 237 g/mol. The molecule has 0 heterocycles. The van der Waals surface area contributed by atoms with E-state index < -0.39 is 0 Å². The molecule has 2 rings (SSSR count). The Balaban J connectivity index is 2.27. The molecule has 0 saturated heterocycles. The molecule has 0 spiro atoms. The van der Waals surface area contributed by atoms with E-state index in [-0.39, 0.29) is 5.82 Å². The molecule has 2 aromatic rings. The van der Waals surface area contributed by atoms with E-state index in [1.54, 1.807) is 6.07 Å². The van der Waals surface area contributed by atoms with E-state index in [1.165, 1.54) is 11.6 Å². The highest BCUT2D eigenvalue weighted by atomic mass is 19.1. The fourth-order valence-electron chi connectivity index (χ4n) is 2.33. The van der Waals surface area contributed by atoms with E-state index in [4.69, 9.17) is 0 Å². The summed E-state index contributed by atoms with van der Waals surface area (Å²) >= 11 is 0. The van der Waals surface area contributed by atoms with Gasteiger partial charge in [0.25, 0.3) is 0 Å². The largest absolute Gasteiger partial charge is 0.310 e. The van der Waals surface area contributed by atoms with Crippen molar-refractivity contribution in [3.8, 4) is 11.1 Å². The van der Waals surface area contributed by atoms with Crippen molar-refractivity contribution < 1.29 is 4.39 Å². The molecule has 0 aromatic heterocycles. The van der Waals surface area contributed by atoms with Crippen molar-refractivity contribution in [3.63, 3.8) is 0 Å². The number of rotatable bonds is 4. The zero-order valence-electron chi connectivity index (χ0n) is 11.7. The number of hydrogen-bond acceptors (Lipinski definition) is 1. The SMILES string of the molecule is CCNC(C)c1ccc(-c2ccc(F)cc2C)cc1. The molecule has 1 unspecified atom stereocenters. The van der Waals surface area contributed by atoms with Gasteiger partial charge in [0.05, 0.1) is 0 Å². The van der Waals surface area contributed by atoms with Gasteiger partial charge in [0.1, 0.15) is 5.82 Å². The van der Waals surface area contributed by atoms with Crippen LogP contribution in [-0.2, 0) is 0 Å². The molecule has 19 heavy (non-hydrogen) atoms. The summed E-state index contributed by atoms with van der Waals surface area (Å²) in [6.07, 6.45) is 0. The third-order valence-electron chi connectivity index (χ3n) is 3.42. The Morgan fingerprint density at radius 3 is 2.37 bits per heavy atom. The number of nitrogens with one attached hydrogen (secondary N) is 1. The summed E-state index contributed by atoms with van der Waals surface area (Å²) in [5.41, 5.74) is 4.45. The third kappa shape index (κ3) is 3.21. The van der Waals surface area contributed by atoms with Gasteiger partial charge in [-0.3, -0.25) is 0 Å². The molecule has 1 N–H and O–H groups in total. The number of halogens is 1. The van der Waals surface area contributed by atoms with Crippen LogP contribution < -0.4 is 5.32 Å². The summed E-state index contributed by atoms with van der Waals surface area (Å²) in [6.45, 7) is 7.15. The van der Waals surface area contributed by atoms with Crippen molar-refractivity contribution in [1.82, 2.24) is 5.32 Å². The number of aryl methyl sites for hydroxylation is 1. The molecule has 0 saturated carbocycles. The van der Waals surface area contributed by atoms with Crippen LogP contribution in [0, 0.1) is 12.7 Å². The van der Waals surface area contributed by atoms with Gasteiger partial charge in [-0.15, -0.1) is 0 Å². The van der Waals surface area contributed by atoms with Gasteiger partial charge < -0.3 is 5.32 Å². The average Bonchev–Trinajstić information content (AvgIpc) is 2.39. The molecule has 1 nitrogen and oxygen atoms in total. The van der Waals surface area contributed by atoms with E-state index in [2.05, 4.69) is 43.4 Å². The Morgan fingerprint density at radius 2 is 1.79 bits per heavy atom. The average molecular weight is 257 g/mol. The standard InChI is InChI=1S/C17H20FN/c1-4-19-13(3)14-5-7-15(8-6-14)17-10-9-16(18)11-12(17)2/h5-11,13,19H,4H2,1-3H3. The minimum Gasteiger partial charge on any atom is -0.310 e. The lowest BCUT2D eigenvalue weighted by Crippen LogP contribution is -2.17. The Bertz CT molecular complexity index is 546. The summed E-state index contributed by atoms with van der Waals surface area (Å²) in [7, 11) is 0. The van der Waals surface area contributed by atoms with Crippen molar-refractivity contribution >= 4 is 0 Å². The lowest BCUT2D eigenvalue weighted by atomic mass is 9.98. The molecule has 0 aliphatic heterocycles. The Labute approximate surface area is 114 Å². The summed E-state index contributed by atoms with van der Waals surface area (Å²) < 4.78 is 13.1. The molecule has 0 radical (unpaired) electrons. The first-order valence-corrected chi connectivity index (χ1v) is 6.71. The molecule has 0 aliphatic carbocycles. The monoisotopic (exact) mass is 257 g/mol. The lowest BCUT2D eigenvalue weighted by molar-refractivity contribution is 0.598. The van der Waals surface area contributed by atoms with Gasteiger partial charge in [0, 0.05) is 6.04 Å². The van der Waals surface area contributed by atoms with Gasteiger partial charge in [-0.1, -0.05) is 37.3 Å². The van der Waals surface area contributed by atoms with E-state index >= 15 is 0 Å². The van der Waals surface area contributed by atoms with E-state index in [0.717, 1.165) is 23.2 Å². The molecule has 1 atom stereocenters. The first-order chi connectivity index (χ1) is 9.11. The minimum absolute atomic E-state index is 0.182. The first-order valence-electron chi connectivity index (χ1n) is 6.71. The Kier molecular flexibility index (Phi) is 4.33. The van der Waals surface area contributed by atoms with Crippen LogP contribution in [0.3, 0.4) is 0 Å². The van der Waals surface area contributed by atoms with Crippen molar-refractivity contribution in [1.29, 1.82) is 0 Å². The summed E-state index contributed by atoms with van der Waals surface area (Å²) in [5, 5.41) is 3.39. The van der Waals surface area contributed by atoms with Crippen LogP contribution >= 0.6 is 0 Å². The first kappa shape index (κ1) is 13.8. The predicted molar refractivity (Wildman–Crippen MR) is 78.7 cm³/mol.